The van der Waals surface area contributed by atoms with Crippen LogP contribution in [0.4, 0.5) is 0 Å². The molecule has 21 heavy (non-hydrogen) atoms. The van der Waals surface area contributed by atoms with Crippen molar-refractivity contribution in [3.8, 4) is 5.75 Å². The number of benzene rings is 1. The number of H-pyrrole nitrogens is 1. The number of imidazole rings is 1. The molecule has 114 valence electrons. The highest BCUT2D eigenvalue weighted by atomic mass is 32.2. The van der Waals surface area contributed by atoms with Gasteiger partial charge in [-0.25, -0.2) is 4.98 Å². The highest BCUT2D eigenvalue weighted by molar-refractivity contribution is 7.99. The molecular weight excluding hydrogens is 282 g/mol. The van der Waals surface area contributed by atoms with E-state index >= 15 is 0 Å². The van der Waals surface area contributed by atoms with Crippen LogP contribution in [0.25, 0.3) is 11.0 Å². The third kappa shape index (κ3) is 3.35. The van der Waals surface area contributed by atoms with Gasteiger partial charge in [0.15, 0.2) is 5.16 Å². The summed E-state index contributed by atoms with van der Waals surface area (Å²) in [4.78, 5) is 8.13. The Balaban J connectivity index is 1.76. The summed E-state index contributed by atoms with van der Waals surface area (Å²) in [6.07, 6.45) is 5.21. The molecule has 0 saturated heterocycles. The molecule has 1 heterocycles. The van der Waals surface area contributed by atoms with E-state index in [1.54, 1.807) is 7.11 Å². The largest absolute Gasteiger partial charge is 0.497 e. The van der Waals surface area contributed by atoms with Gasteiger partial charge in [0, 0.05) is 17.4 Å². The number of nitrogens with zero attached hydrogens (tertiary/aromatic N) is 1. The van der Waals surface area contributed by atoms with Crippen molar-refractivity contribution >= 4 is 22.8 Å². The Hall–Kier alpha value is -1.20. The summed E-state index contributed by atoms with van der Waals surface area (Å²) in [6, 6.07) is 6.59. The normalized spacial score (nSPS) is 22.6. The molecule has 1 aromatic carbocycles. The van der Waals surface area contributed by atoms with Gasteiger partial charge < -0.3 is 15.0 Å². The van der Waals surface area contributed by atoms with Crippen LogP contribution in [0.2, 0.25) is 0 Å². The maximum Gasteiger partial charge on any atom is 0.166 e. The lowest BCUT2D eigenvalue weighted by molar-refractivity contribution is 0.390. The number of thioether (sulfide) groups is 1. The predicted octanol–water partition coefficient (Wildman–Crippen LogP) is 3.58. The molecule has 0 spiro atoms. The minimum Gasteiger partial charge on any atom is -0.497 e. The standard InChI is InChI=1S/C16H23N3OS/c1-3-17-13-6-4-5-7-15(13)21-16-18-12-9-8-11(20-2)10-14(12)19-16/h8-10,13,15,17H,3-7H2,1-2H3,(H,18,19). The molecule has 2 atom stereocenters. The van der Waals surface area contributed by atoms with Gasteiger partial charge in [-0.2, -0.15) is 0 Å². The van der Waals surface area contributed by atoms with Crippen molar-refractivity contribution in [1.82, 2.24) is 15.3 Å². The topological polar surface area (TPSA) is 49.9 Å². The predicted molar refractivity (Wildman–Crippen MR) is 88.2 cm³/mol. The minimum atomic E-state index is 0.608. The molecule has 0 bridgehead atoms. The lowest BCUT2D eigenvalue weighted by Crippen LogP contribution is -2.40. The molecule has 2 unspecified atom stereocenters. The first-order valence-corrected chi connectivity index (χ1v) is 8.62. The van der Waals surface area contributed by atoms with Crippen molar-refractivity contribution in [2.75, 3.05) is 13.7 Å². The number of rotatable bonds is 5. The van der Waals surface area contributed by atoms with Gasteiger partial charge in [-0.3, -0.25) is 0 Å². The van der Waals surface area contributed by atoms with E-state index in [9.17, 15) is 0 Å². The Morgan fingerprint density at radius 1 is 1.38 bits per heavy atom. The fraction of sp³-hybridized carbons (Fsp3) is 0.562. The van der Waals surface area contributed by atoms with Gasteiger partial charge in [-0.05, 0) is 31.5 Å². The summed E-state index contributed by atoms with van der Waals surface area (Å²) in [6.45, 7) is 3.23. The Morgan fingerprint density at radius 2 is 2.24 bits per heavy atom. The average molecular weight is 305 g/mol. The summed E-state index contributed by atoms with van der Waals surface area (Å²) in [7, 11) is 1.69. The molecule has 1 saturated carbocycles. The van der Waals surface area contributed by atoms with Crippen LogP contribution >= 0.6 is 11.8 Å². The molecule has 3 rings (SSSR count). The third-order valence-electron chi connectivity index (χ3n) is 4.10. The zero-order valence-electron chi connectivity index (χ0n) is 12.7. The van der Waals surface area contributed by atoms with Crippen LogP contribution in [0.15, 0.2) is 23.4 Å². The SMILES string of the molecule is CCNC1CCCCC1Sc1nc2ccc(OC)cc2[nH]1. The molecule has 5 heteroatoms. The van der Waals surface area contributed by atoms with Gasteiger partial charge in [-0.1, -0.05) is 31.5 Å². The van der Waals surface area contributed by atoms with Crippen molar-refractivity contribution in [1.29, 1.82) is 0 Å². The minimum absolute atomic E-state index is 0.608. The zero-order valence-corrected chi connectivity index (χ0v) is 13.5. The van der Waals surface area contributed by atoms with Crippen LogP contribution in [0.5, 0.6) is 5.75 Å². The summed E-state index contributed by atoms with van der Waals surface area (Å²) in [5.41, 5.74) is 2.06. The van der Waals surface area contributed by atoms with Crippen molar-refractivity contribution in [2.24, 2.45) is 0 Å². The van der Waals surface area contributed by atoms with Gasteiger partial charge in [-0.15, -0.1) is 0 Å². The fourth-order valence-electron chi connectivity index (χ4n) is 3.03. The molecule has 0 aliphatic heterocycles. The number of ether oxygens (including phenoxy) is 1. The van der Waals surface area contributed by atoms with Gasteiger partial charge in [0.2, 0.25) is 0 Å². The number of aromatic nitrogens is 2. The number of nitrogens with one attached hydrogen (secondary N) is 2. The second kappa shape index (κ2) is 6.71. The van der Waals surface area contributed by atoms with E-state index in [1.807, 2.05) is 30.0 Å². The lowest BCUT2D eigenvalue weighted by atomic mass is 9.95. The van der Waals surface area contributed by atoms with Crippen molar-refractivity contribution in [3.05, 3.63) is 18.2 Å². The van der Waals surface area contributed by atoms with E-state index in [4.69, 9.17) is 9.72 Å². The average Bonchev–Trinajstić information content (AvgIpc) is 2.90. The molecule has 1 aromatic heterocycles. The summed E-state index contributed by atoms with van der Waals surface area (Å²) < 4.78 is 5.27. The van der Waals surface area contributed by atoms with Crippen molar-refractivity contribution in [3.63, 3.8) is 0 Å². The van der Waals surface area contributed by atoms with Crippen LogP contribution < -0.4 is 10.1 Å². The molecule has 2 aromatic rings. The van der Waals surface area contributed by atoms with E-state index in [0.29, 0.717) is 11.3 Å². The van der Waals surface area contributed by atoms with Crippen LogP contribution in [0.3, 0.4) is 0 Å². The monoisotopic (exact) mass is 305 g/mol. The molecule has 0 radical (unpaired) electrons. The second-order valence-electron chi connectivity index (χ2n) is 5.53. The van der Waals surface area contributed by atoms with Crippen molar-refractivity contribution < 1.29 is 4.74 Å². The van der Waals surface area contributed by atoms with Crippen molar-refractivity contribution in [2.45, 2.75) is 49.1 Å². The zero-order chi connectivity index (χ0) is 14.7. The van der Waals surface area contributed by atoms with E-state index < -0.39 is 0 Å². The quantitative estimate of drug-likeness (QED) is 0.886. The molecule has 0 amide bonds. The molecule has 1 fully saturated rings. The molecule has 4 nitrogen and oxygen atoms in total. The maximum absolute atomic E-state index is 5.27. The Labute approximate surface area is 130 Å². The third-order valence-corrected chi connectivity index (χ3v) is 5.38. The fourth-order valence-corrected chi connectivity index (χ4v) is 4.31. The maximum atomic E-state index is 5.27. The van der Waals surface area contributed by atoms with Gasteiger partial charge in [0.25, 0.3) is 0 Å². The van der Waals surface area contributed by atoms with Crippen LogP contribution in [0, 0.1) is 0 Å². The smallest absolute Gasteiger partial charge is 0.166 e. The van der Waals surface area contributed by atoms with Crippen LogP contribution in [-0.2, 0) is 0 Å². The first kappa shape index (κ1) is 14.7. The molecular formula is C16H23N3OS. The van der Waals surface area contributed by atoms with E-state index in [2.05, 4.69) is 17.2 Å². The van der Waals surface area contributed by atoms with E-state index in [1.165, 1.54) is 25.7 Å². The Morgan fingerprint density at radius 3 is 3.05 bits per heavy atom. The highest BCUT2D eigenvalue weighted by Crippen LogP contribution is 2.33. The first-order valence-electron chi connectivity index (χ1n) is 7.74. The Kier molecular flexibility index (Phi) is 4.70. The summed E-state index contributed by atoms with van der Waals surface area (Å²) in [5, 5.41) is 5.26. The number of fused-ring (bicyclic) bond motifs is 1. The first-order chi connectivity index (χ1) is 10.3. The van der Waals surface area contributed by atoms with Gasteiger partial charge in [0.05, 0.1) is 18.1 Å². The number of hydrogen-bond donors (Lipinski definition) is 2. The van der Waals surface area contributed by atoms with E-state index in [-0.39, 0.29) is 0 Å². The molecule has 1 aliphatic carbocycles. The van der Waals surface area contributed by atoms with E-state index in [0.717, 1.165) is 28.5 Å². The Bertz CT molecular complexity index is 596. The van der Waals surface area contributed by atoms with Crippen LogP contribution in [-0.4, -0.2) is 34.9 Å². The van der Waals surface area contributed by atoms with Gasteiger partial charge in [0.1, 0.15) is 5.75 Å². The van der Waals surface area contributed by atoms with Gasteiger partial charge >= 0.3 is 0 Å². The highest BCUT2D eigenvalue weighted by Gasteiger charge is 2.26. The number of aromatic amines is 1. The summed E-state index contributed by atoms with van der Waals surface area (Å²) >= 11 is 1.88. The second-order valence-corrected chi connectivity index (χ2v) is 6.76. The number of methoxy groups -OCH3 is 1. The number of hydrogen-bond acceptors (Lipinski definition) is 4. The molecule has 1 aliphatic rings. The summed E-state index contributed by atoms with van der Waals surface area (Å²) in [5.74, 6) is 0.867. The lowest BCUT2D eigenvalue weighted by Gasteiger charge is -2.30. The molecule has 2 N–H and O–H groups in total. The van der Waals surface area contributed by atoms with Crippen LogP contribution in [0.1, 0.15) is 32.6 Å².